The van der Waals surface area contributed by atoms with E-state index >= 15 is 0 Å². The van der Waals surface area contributed by atoms with Crippen molar-refractivity contribution in [1.29, 1.82) is 0 Å². The molecule has 1 heterocycles. The molecule has 1 aliphatic rings. The summed E-state index contributed by atoms with van der Waals surface area (Å²) in [5.74, 6) is 0.857. The Hall–Kier alpha value is -0.0900. The van der Waals surface area contributed by atoms with E-state index in [2.05, 4.69) is 34.7 Å². The number of benzene rings is 1. The van der Waals surface area contributed by atoms with Crippen LogP contribution in [0.1, 0.15) is 44.7 Å². The van der Waals surface area contributed by atoms with Gasteiger partial charge in [0.25, 0.3) is 0 Å². The lowest BCUT2D eigenvalue weighted by Gasteiger charge is -2.37. The number of nitrogens with zero attached hydrogens (tertiary/aromatic N) is 1. The third-order valence-electron chi connectivity index (χ3n) is 4.37. The molecule has 1 saturated heterocycles. The van der Waals surface area contributed by atoms with Gasteiger partial charge in [0.2, 0.25) is 0 Å². The average Bonchev–Trinajstić information content (AvgIpc) is 2.37. The Bertz CT molecular complexity index is 452. The second-order valence-corrected chi connectivity index (χ2v) is 7.40. The van der Waals surface area contributed by atoms with Gasteiger partial charge in [-0.2, -0.15) is 0 Å². The van der Waals surface area contributed by atoms with E-state index in [1.165, 1.54) is 19.4 Å². The van der Waals surface area contributed by atoms with Gasteiger partial charge in [0.15, 0.2) is 0 Å². The molecule has 0 amide bonds. The van der Waals surface area contributed by atoms with Gasteiger partial charge in [-0.25, -0.2) is 0 Å². The minimum absolute atomic E-state index is 0.0159. The molecule has 3 atom stereocenters. The summed E-state index contributed by atoms with van der Waals surface area (Å²) in [5, 5.41) is 0.757. The monoisotopic (exact) mass is 358 g/mol. The third kappa shape index (κ3) is 4.20. The van der Waals surface area contributed by atoms with E-state index in [-0.39, 0.29) is 6.04 Å². The molecule has 2 N–H and O–H groups in total. The fourth-order valence-electron chi connectivity index (χ4n) is 3.05. The first-order chi connectivity index (χ1) is 9.47. The minimum atomic E-state index is 0.0159. The highest BCUT2D eigenvalue weighted by atomic mass is 79.9. The van der Waals surface area contributed by atoms with Crippen molar-refractivity contribution in [2.75, 3.05) is 13.1 Å². The lowest BCUT2D eigenvalue weighted by molar-refractivity contribution is 0.125. The Morgan fingerprint density at radius 2 is 2.20 bits per heavy atom. The van der Waals surface area contributed by atoms with Gasteiger partial charge >= 0.3 is 0 Å². The molecule has 2 nitrogen and oxygen atoms in total. The fourth-order valence-corrected chi connectivity index (χ4v) is 3.86. The zero-order valence-electron chi connectivity index (χ0n) is 12.3. The molecule has 0 saturated carbocycles. The molecule has 1 fully saturated rings. The Kier molecular flexibility index (Phi) is 5.91. The first kappa shape index (κ1) is 16.3. The first-order valence-corrected chi connectivity index (χ1v) is 8.59. The van der Waals surface area contributed by atoms with Crippen LogP contribution in [0.25, 0.3) is 0 Å². The number of rotatable bonds is 4. The highest BCUT2D eigenvalue weighted by Gasteiger charge is 2.23. The van der Waals surface area contributed by atoms with Crippen molar-refractivity contribution in [1.82, 2.24) is 4.90 Å². The van der Waals surface area contributed by atoms with Crippen LogP contribution in [0.5, 0.6) is 0 Å². The van der Waals surface area contributed by atoms with Gasteiger partial charge in [-0.05, 0) is 56.3 Å². The molecule has 0 spiro atoms. The summed E-state index contributed by atoms with van der Waals surface area (Å²) in [6, 6.07) is 6.64. The van der Waals surface area contributed by atoms with Crippen molar-refractivity contribution in [3.8, 4) is 0 Å². The predicted octanol–water partition coefficient (Wildman–Crippen LogP) is 4.61. The smallest absolute Gasteiger partial charge is 0.0464 e. The lowest BCUT2D eigenvalue weighted by atomic mass is 9.93. The molecule has 1 aromatic carbocycles. The quantitative estimate of drug-likeness (QED) is 0.850. The first-order valence-electron chi connectivity index (χ1n) is 7.42. The highest BCUT2D eigenvalue weighted by Crippen LogP contribution is 2.28. The summed E-state index contributed by atoms with van der Waals surface area (Å²) in [6.07, 6.45) is 3.56. The normalized spacial score (nSPS) is 25.6. The van der Waals surface area contributed by atoms with E-state index in [0.29, 0.717) is 6.04 Å². The van der Waals surface area contributed by atoms with E-state index in [9.17, 15) is 0 Å². The van der Waals surface area contributed by atoms with Crippen molar-refractivity contribution in [3.63, 3.8) is 0 Å². The summed E-state index contributed by atoms with van der Waals surface area (Å²) >= 11 is 9.70. The largest absolute Gasteiger partial charge is 0.324 e. The Labute approximate surface area is 135 Å². The molecule has 4 heteroatoms. The summed E-state index contributed by atoms with van der Waals surface area (Å²) in [4.78, 5) is 2.56. The van der Waals surface area contributed by atoms with E-state index in [1.54, 1.807) is 0 Å². The number of hydrogen-bond acceptors (Lipinski definition) is 2. The van der Waals surface area contributed by atoms with Crippen LogP contribution >= 0.6 is 27.5 Å². The fraction of sp³-hybridized carbons (Fsp3) is 0.625. The maximum absolute atomic E-state index is 6.31. The topological polar surface area (TPSA) is 29.3 Å². The molecule has 0 radical (unpaired) electrons. The van der Waals surface area contributed by atoms with Crippen LogP contribution in [0.4, 0.5) is 0 Å². The molecular weight excluding hydrogens is 336 g/mol. The van der Waals surface area contributed by atoms with Crippen molar-refractivity contribution in [2.45, 2.75) is 45.2 Å². The maximum Gasteiger partial charge on any atom is 0.0464 e. The molecule has 0 aromatic heterocycles. The van der Waals surface area contributed by atoms with E-state index in [0.717, 1.165) is 33.9 Å². The zero-order chi connectivity index (χ0) is 14.7. The van der Waals surface area contributed by atoms with Gasteiger partial charge in [0.05, 0.1) is 0 Å². The molecule has 20 heavy (non-hydrogen) atoms. The molecule has 1 aliphatic heterocycles. The Balaban J connectivity index is 1.90. The molecular formula is C16H24BrClN2. The summed E-state index contributed by atoms with van der Waals surface area (Å²) < 4.78 is 0.997. The number of halogens is 2. The minimum Gasteiger partial charge on any atom is -0.324 e. The van der Waals surface area contributed by atoms with Gasteiger partial charge in [-0.1, -0.05) is 40.5 Å². The van der Waals surface area contributed by atoms with Crippen LogP contribution in [0.15, 0.2) is 22.7 Å². The number of piperidine rings is 1. The van der Waals surface area contributed by atoms with Gasteiger partial charge in [-0.15, -0.1) is 0 Å². The molecule has 112 valence electrons. The standard InChI is InChI=1S/C16H24BrClN2/c1-11-5-7-20(12(2)9-11)8-6-16(19)14-4-3-13(17)10-15(14)18/h3-4,10-12,16H,5-9,19H2,1-2H3. The molecule has 1 aromatic rings. The van der Waals surface area contributed by atoms with Crippen molar-refractivity contribution < 1.29 is 0 Å². The van der Waals surface area contributed by atoms with E-state index in [1.807, 2.05) is 18.2 Å². The SMILES string of the molecule is CC1CCN(CCC(N)c2ccc(Br)cc2Cl)C(C)C1. The van der Waals surface area contributed by atoms with Gasteiger partial charge in [0.1, 0.15) is 0 Å². The molecule has 3 unspecified atom stereocenters. The van der Waals surface area contributed by atoms with Gasteiger partial charge in [0, 0.05) is 28.1 Å². The van der Waals surface area contributed by atoms with Gasteiger partial charge < -0.3 is 10.6 Å². The zero-order valence-corrected chi connectivity index (χ0v) is 14.6. The van der Waals surface area contributed by atoms with Crippen molar-refractivity contribution in [2.24, 2.45) is 11.7 Å². The van der Waals surface area contributed by atoms with Crippen LogP contribution in [0.3, 0.4) is 0 Å². The summed E-state index contributed by atoms with van der Waals surface area (Å²) in [7, 11) is 0. The number of likely N-dealkylation sites (tertiary alicyclic amines) is 1. The number of hydrogen-bond donors (Lipinski definition) is 1. The van der Waals surface area contributed by atoms with Gasteiger partial charge in [-0.3, -0.25) is 0 Å². The van der Waals surface area contributed by atoms with Crippen LogP contribution < -0.4 is 5.73 Å². The maximum atomic E-state index is 6.31. The molecule has 0 aliphatic carbocycles. The van der Waals surface area contributed by atoms with E-state index in [4.69, 9.17) is 17.3 Å². The third-order valence-corrected chi connectivity index (χ3v) is 5.19. The second kappa shape index (κ2) is 7.26. The van der Waals surface area contributed by atoms with Crippen LogP contribution in [0, 0.1) is 5.92 Å². The van der Waals surface area contributed by atoms with Crippen molar-refractivity contribution >= 4 is 27.5 Å². The average molecular weight is 360 g/mol. The Morgan fingerprint density at radius 1 is 1.45 bits per heavy atom. The van der Waals surface area contributed by atoms with Crippen LogP contribution in [-0.2, 0) is 0 Å². The van der Waals surface area contributed by atoms with Crippen molar-refractivity contribution in [3.05, 3.63) is 33.3 Å². The predicted molar refractivity (Wildman–Crippen MR) is 90.1 cm³/mol. The second-order valence-electron chi connectivity index (χ2n) is 6.08. The molecule has 0 bridgehead atoms. The number of nitrogens with two attached hydrogens (primary N) is 1. The van der Waals surface area contributed by atoms with Crippen LogP contribution in [0.2, 0.25) is 5.02 Å². The molecule has 2 rings (SSSR count). The summed E-state index contributed by atoms with van der Waals surface area (Å²) in [6.45, 7) is 6.93. The Morgan fingerprint density at radius 3 is 2.85 bits per heavy atom. The van der Waals surface area contributed by atoms with Crippen LogP contribution in [-0.4, -0.2) is 24.0 Å². The highest BCUT2D eigenvalue weighted by molar-refractivity contribution is 9.10. The summed E-state index contributed by atoms with van der Waals surface area (Å²) in [5.41, 5.74) is 7.36. The van der Waals surface area contributed by atoms with E-state index < -0.39 is 0 Å². The lowest BCUT2D eigenvalue weighted by Crippen LogP contribution is -2.41.